The highest BCUT2D eigenvalue weighted by atomic mass is 31.3. The number of phosphoric ester groups is 2. The Morgan fingerprint density at radius 3 is 1.59 bits per heavy atom. The van der Waals surface area contributed by atoms with Crippen molar-refractivity contribution in [3.63, 3.8) is 0 Å². The van der Waals surface area contributed by atoms with E-state index in [0.717, 1.165) is 33.0 Å². The first-order valence-electron chi connectivity index (χ1n) is 16.1. The van der Waals surface area contributed by atoms with Gasteiger partial charge in [-0.3, -0.25) is 42.4 Å². The van der Waals surface area contributed by atoms with Crippen LogP contribution in [0.4, 0.5) is 0 Å². The van der Waals surface area contributed by atoms with Crippen molar-refractivity contribution < 1.29 is 75.2 Å². The maximum absolute atomic E-state index is 12.6. The number of fused-ring (bicyclic) bond motifs is 1. The molecule has 24 nitrogen and oxygen atoms in total. The Balaban J connectivity index is 0.00000300. The molecule has 0 radical (unpaired) electrons. The lowest BCUT2D eigenvalue weighted by atomic mass is 10.1. The first kappa shape index (κ1) is 49.1. The minimum absolute atomic E-state index is 0. The number of nitrogens with zero attached hydrogens (tertiary/aromatic N) is 2. The standard InChI is InChI=1S/C28H35N4O20P3.3CH4/c33-20-6-8-31(27(37)29-20)11-16-23(35)24(36)18(47-16)13-45-53(39,40)51-55(43,44)52-54(41,42)46-14-19-26-25(49-22(50-26)10-15-4-2-1-3-5-15)17(48-19)12-32-9-7-21(34)30-28(32)38;;;/h1-9,16-19,22-26,35-36H,10-14H2,(H,39,40)(H,41,42)(H,43,44)(H,29,33,37)(H,30,34,38);3*1H4/p-3/t16-,17-,18+,19+,22?,23?,24?,25+,26?;;;/m0.../s1. The number of phosphoric acid groups is 3. The highest BCUT2D eigenvalue weighted by molar-refractivity contribution is 7.65. The Bertz CT molecular complexity index is 2220. The summed E-state index contributed by atoms with van der Waals surface area (Å²) in [5.41, 5.74) is -2.18. The molecule has 0 amide bonds. The third-order valence-corrected chi connectivity index (χ3v) is 12.6. The second-order valence-corrected chi connectivity index (χ2v) is 16.9. The van der Waals surface area contributed by atoms with Crippen LogP contribution in [0.2, 0.25) is 0 Å². The van der Waals surface area contributed by atoms with E-state index in [-0.39, 0.29) is 35.2 Å². The summed E-state index contributed by atoms with van der Waals surface area (Å²) in [5.74, 6) is 0. The molecule has 0 aliphatic carbocycles. The molecule has 5 heterocycles. The average Bonchev–Trinajstić information content (AvgIpc) is 3.73. The molecule has 326 valence electrons. The number of aromatic nitrogens is 4. The third kappa shape index (κ3) is 12.4. The van der Waals surface area contributed by atoms with Gasteiger partial charge in [-0.05, 0) is 5.56 Å². The number of rotatable bonds is 16. The minimum atomic E-state index is -6.33. The number of aliphatic hydroxyl groups is 2. The molecule has 0 spiro atoms. The van der Waals surface area contributed by atoms with E-state index in [1.807, 2.05) is 17.1 Å². The average molecular weight is 886 g/mol. The molecule has 3 aliphatic rings. The van der Waals surface area contributed by atoms with Gasteiger partial charge in [0.15, 0.2) is 6.29 Å². The van der Waals surface area contributed by atoms with Crippen molar-refractivity contribution in [2.45, 2.75) is 96.9 Å². The Labute approximate surface area is 329 Å². The molecule has 3 aromatic rings. The van der Waals surface area contributed by atoms with Crippen LogP contribution in [0.3, 0.4) is 0 Å². The zero-order valence-corrected chi connectivity index (χ0v) is 30.6. The maximum Gasteiger partial charge on any atom is 0.328 e. The Morgan fingerprint density at radius 2 is 1.07 bits per heavy atom. The molecular formula is C31H44N4O20P3-3. The van der Waals surface area contributed by atoms with Gasteiger partial charge in [-0.2, -0.15) is 0 Å². The van der Waals surface area contributed by atoms with Crippen molar-refractivity contribution in [2.75, 3.05) is 13.2 Å². The van der Waals surface area contributed by atoms with Gasteiger partial charge in [-0.1, -0.05) is 52.6 Å². The molecule has 7 unspecified atom stereocenters. The summed E-state index contributed by atoms with van der Waals surface area (Å²) in [5, 5.41) is 20.6. The van der Waals surface area contributed by atoms with Crippen molar-refractivity contribution in [2.24, 2.45) is 0 Å². The summed E-state index contributed by atoms with van der Waals surface area (Å²) in [6.07, 6.45) is -8.97. The molecule has 3 fully saturated rings. The number of ether oxygens (including phenoxy) is 4. The van der Waals surface area contributed by atoms with Crippen LogP contribution < -0.4 is 37.2 Å². The molecule has 3 saturated heterocycles. The SMILES string of the molecule is C.C.C.O=c1ccn(C[C@@H]2O[C@H](COP(=O)([O-])OP(=O)([O-])OP(=O)([O-])OC[C@H]3O[C@@H](Cn4ccc(=O)[nH]c4=O)[C@H]4OC(Cc5ccccc5)OC34)C(O)C2O)c(=O)[nH]1. The zero-order chi connectivity index (χ0) is 39.7. The lowest BCUT2D eigenvalue weighted by Gasteiger charge is -2.35. The fourth-order valence-corrected chi connectivity index (χ4v) is 9.40. The molecule has 1 aromatic carbocycles. The van der Waals surface area contributed by atoms with Gasteiger partial charge < -0.3 is 52.9 Å². The monoisotopic (exact) mass is 885 g/mol. The Hall–Kier alpha value is -3.25. The summed E-state index contributed by atoms with van der Waals surface area (Å²) < 4.78 is 79.3. The highest BCUT2D eigenvalue weighted by Crippen LogP contribution is 2.63. The summed E-state index contributed by atoms with van der Waals surface area (Å²) in [7, 11) is -18.3. The fourth-order valence-electron chi connectivity index (χ4n) is 6.01. The van der Waals surface area contributed by atoms with Gasteiger partial charge in [0.05, 0.1) is 26.3 Å². The first-order chi connectivity index (χ1) is 25.9. The maximum atomic E-state index is 12.6. The number of benzene rings is 1. The van der Waals surface area contributed by atoms with Gasteiger partial charge in [-0.15, -0.1) is 0 Å². The number of aromatic amines is 2. The van der Waals surface area contributed by atoms with E-state index >= 15 is 0 Å². The number of hydrogen-bond donors (Lipinski definition) is 4. The van der Waals surface area contributed by atoms with E-state index in [1.54, 1.807) is 18.2 Å². The normalized spacial score (nSPS) is 29.4. The molecule has 27 heteroatoms. The van der Waals surface area contributed by atoms with Crippen LogP contribution in [0.25, 0.3) is 0 Å². The second kappa shape index (κ2) is 19.9. The van der Waals surface area contributed by atoms with Gasteiger partial charge in [-0.25, -0.2) is 18.2 Å². The Morgan fingerprint density at radius 1 is 0.621 bits per heavy atom. The number of hydrogen-bond acceptors (Lipinski definition) is 20. The fraction of sp³-hybridized carbons (Fsp3) is 0.548. The van der Waals surface area contributed by atoms with Crippen molar-refractivity contribution in [3.05, 3.63) is 102 Å². The van der Waals surface area contributed by atoms with E-state index in [4.69, 9.17) is 23.5 Å². The topological polar surface area (TPSA) is 344 Å². The van der Waals surface area contributed by atoms with Crippen LogP contribution in [-0.2, 0) is 69.8 Å². The molecule has 58 heavy (non-hydrogen) atoms. The van der Waals surface area contributed by atoms with E-state index in [1.165, 1.54) is 6.20 Å². The highest BCUT2D eigenvalue weighted by Gasteiger charge is 2.53. The van der Waals surface area contributed by atoms with Crippen molar-refractivity contribution in [1.29, 1.82) is 0 Å². The van der Waals surface area contributed by atoms with Gasteiger partial charge >= 0.3 is 11.4 Å². The Kier molecular flexibility index (Phi) is 16.8. The predicted molar refractivity (Wildman–Crippen MR) is 193 cm³/mol. The van der Waals surface area contributed by atoms with Crippen LogP contribution in [-0.4, -0.2) is 97.7 Å². The molecular weight excluding hydrogens is 841 g/mol. The number of aliphatic hydroxyl groups excluding tert-OH is 2. The van der Waals surface area contributed by atoms with E-state index in [0.29, 0.717) is 0 Å². The van der Waals surface area contributed by atoms with Crippen LogP contribution in [0, 0.1) is 0 Å². The van der Waals surface area contributed by atoms with E-state index < -0.39 is 121 Å². The lowest BCUT2D eigenvalue weighted by Crippen LogP contribution is -2.38. The van der Waals surface area contributed by atoms with E-state index in [2.05, 4.69) is 18.1 Å². The summed E-state index contributed by atoms with van der Waals surface area (Å²) in [6, 6.07) is 11.1. The van der Waals surface area contributed by atoms with Gasteiger partial charge in [0, 0.05) is 30.9 Å². The predicted octanol–water partition coefficient (Wildman–Crippen LogP) is -1.92. The smallest absolute Gasteiger partial charge is 0.328 e. The van der Waals surface area contributed by atoms with Crippen LogP contribution in [0.15, 0.2) is 74.0 Å². The number of nitrogens with one attached hydrogen (secondary N) is 2. The quantitative estimate of drug-likeness (QED) is 0.114. The van der Waals surface area contributed by atoms with Crippen LogP contribution in [0.5, 0.6) is 0 Å². The van der Waals surface area contributed by atoms with Gasteiger partial charge in [0.25, 0.3) is 34.6 Å². The second-order valence-electron chi connectivity index (χ2n) is 12.3. The summed E-state index contributed by atoms with van der Waals surface area (Å²) >= 11 is 0. The van der Waals surface area contributed by atoms with Crippen molar-refractivity contribution in [1.82, 2.24) is 19.1 Å². The van der Waals surface area contributed by atoms with E-state index in [9.17, 15) is 57.8 Å². The lowest BCUT2D eigenvalue weighted by molar-refractivity contribution is -0.252. The molecule has 12 atom stereocenters. The zero-order valence-electron chi connectivity index (χ0n) is 27.9. The molecule has 3 aliphatic heterocycles. The largest absolute Gasteiger partial charge is 0.756 e. The van der Waals surface area contributed by atoms with Crippen molar-refractivity contribution in [3.8, 4) is 0 Å². The summed E-state index contributed by atoms with van der Waals surface area (Å²) in [4.78, 5) is 88.4. The van der Waals surface area contributed by atoms with Gasteiger partial charge in [0.2, 0.25) is 0 Å². The molecule has 2 aromatic heterocycles. The molecule has 0 bridgehead atoms. The van der Waals surface area contributed by atoms with Crippen LogP contribution in [0.1, 0.15) is 27.8 Å². The molecule has 6 rings (SSSR count). The third-order valence-electron chi connectivity index (χ3n) is 8.47. The van der Waals surface area contributed by atoms with Crippen molar-refractivity contribution >= 4 is 23.5 Å². The van der Waals surface area contributed by atoms with Gasteiger partial charge in [0.1, 0.15) is 48.8 Å². The first-order valence-corrected chi connectivity index (χ1v) is 20.5. The summed E-state index contributed by atoms with van der Waals surface area (Å²) in [6.45, 7) is -2.70. The van der Waals surface area contributed by atoms with Crippen LogP contribution >= 0.6 is 23.5 Å². The molecule has 4 N–H and O–H groups in total. The minimum Gasteiger partial charge on any atom is -0.756 e. The molecule has 0 saturated carbocycles. The number of H-pyrrole nitrogens is 2.